The van der Waals surface area contributed by atoms with Gasteiger partial charge in [0.25, 0.3) is 0 Å². The number of ketones is 1. The normalized spacial score (nSPS) is 13.2. The summed E-state index contributed by atoms with van der Waals surface area (Å²) in [6.45, 7) is 5.51. The van der Waals surface area contributed by atoms with Crippen LogP contribution >= 0.6 is 11.3 Å². The molecule has 1 aromatic carbocycles. The van der Waals surface area contributed by atoms with Crippen molar-refractivity contribution in [2.45, 2.75) is 44.9 Å². The van der Waals surface area contributed by atoms with E-state index in [0.29, 0.717) is 11.1 Å². The molecule has 0 fully saturated rings. The summed E-state index contributed by atoms with van der Waals surface area (Å²) in [6.07, 6.45) is 3.21. The first-order valence-electron chi connectivity index (χ1n) is 11.3. The van der Waals surface area contributed by atoms with E-state index in [-0.39, 0.29) is 29.9 Å². The molecule has 2 N–H and O–H groups in total. The number of tetrazole rings is 1. The van der Waals surface area contributed by atoms with Crippen molar-refractivity contribution in [1.29, 1.82) is 0 Å². The van der Waals surface area contributed by atoms with Crippen LogP contribution in [0.25, 0.3) is 11.4 Å². The molecule has 3 heterocycles. The lowest BCUT2D eigenvalue weighted by molar-refractivity contribution is -0.126. The number of hydrogen-bond donors (Lipinski definition) is 2. The number of nitrogens with one attached hydrogen (secondary N) is 2. The van der Waals surface area contributed by atoms with Crippen molar-refractivity contribution < 1.29 is 14.0 Å². The maximum absolute atomic E-state index is 13.5. The number of aromatic nitrogens is 5. The fourth-order valence-electron chi connectivity index (χ4n) is 3.53. The Morgan fingerprint density at radius 1 is 1.06 bits per heavy atom. The lowest BCUT2D eigenvalue weighted by Crippen LogP contribution is -2.48. The Bertz CT molecular complexity index is 1300. The third-order valence-electron chi connectivity index (χ3n) is 5.14. The molecular weight excluding hydrogens is 481 g/mol. The SMILES string of the molecule is CC(C)(C)NC(=O)C(NC(C(=O)Cn1nnc(-c2ccc(F)cc2)n1)c1cccs1)c1ccncc1. The second kappa shape index (κ2) is 10.8. The van der Waals surface area contributed by atoms with Crippen LogP contribution in [0.3, 0.4) is 0 Å². The topological polar surface area (TPSA) is 115 Å². The highest BCUT2D eigenvalue weighted by molar-refractivity contribution is 7.10. The lowest BCUT2D eigenvalue weighted by atomic mass is 10.0. The number of Topliss-reactive ketones (excluding diaryl/α,β-unsaturated/α-hetero) is 1. The molecule has 2 unspecified atom stereocenters. The van der Waals surface area contributed by atoms with E-state index >= 15 is 0 Å². The van der Waals surface area contributed by atoms with Gasteiger partial charge < -0.3 is 5.32 Å². The molecule has 0 saturated carbocycles. The number of halogens is 1. The highest BCUT2D eigenvalue weighted by Crippen LogP contribution is 2.25. The molecular formula is C25H26FN7O2S. The van der Waals surface area contributed by atoms with Crippen LogP contribution in [0, 0.1) is 5.82 Å². The predicted octanol–water partition coefficient (Wildman–Crippen LogP) is 3.49. The quantitative estimate of drug-likeness (QED) is 0.356. The summed E-state index contributed by atoms with van der Waals surface area (Å²) >= 11 is 1.41. The minimum atomic E-state index is -0.804. The number of amides is 1. The van der Waals surface area contributed by atoms with Gasteiger partial charge in [-0.15, -0.1) is 21.5 Å². The van der Waals surface area contributed by atoms with Crippen LogP contribution in [-0.4, -0.2) is 42.4 Å². The number of carbonyl (C=O) groups is 2. The fraction of sp³-hybridized carbons (Fsp3) is 0.280. The maximum atomic E-state index is 13.5. The maximum Gasteiger partial charge on any atom is 0.242 e. The highest BCUT2D eigenvalue weighted by Gasteiger charge is 2.31. The van der Waals surface area contributed by atoms with Crippen LogP contribution in [0.15, 0.2) is 66.3 Å². The van der Waals surface area contributed by atoms with E-state index in [1.54, 1.807) is 36.7 Å². The van der Waals surface area contributed by atoms with Gasteiger partial charge in [-0.25, -0.2) is 4.39 Å². The van der Waals surface area contributed by atoms with E-state index in [2.05, 4.69) is 31.0 Å². The molecule has 0 radical (unpaired) electrons. The van der Waals surface area contributed by atoms with Gasteiger partial charge in [0.1, 0.15) is 24.4 Å². The van der Waals surface area contributed by atoms with Gasteiger partial charge in [-0.1, -0.05) is 6.07 Å². The second-order valence-electron chi connectivity index (χ2n) is 9.18. The monoisotopic (exact) mass is 507 g/mol. The molecule has 0 spiro atoms. The molecule has 0 aliphatic rings. The third-order valence-corrected chi connectivity index (χ3v) is 6.07. The first kappa shape index (κ1) is 25.3. The second-order valence-corrected chi connectivity index (χ2v) is 10.2. The molecule has 0 aliphatic carbocycles. The van der Waals surface area contributed by atoms with Gasteiger partial charge in [-0.3, -0.25) is 19.9 Å². The third kappa shape index (κ3) is 6.43. The van der Waals surface area contributed by atoms with Gasteiger partial charge in [-0.05, 0) is 79.4 Å². The van der Waals surface area contributed by atoms with E-state index in [9.17, 15) is 14.0 Å². The summed E-state index contributed by atoms with van der Waals surface area (Å²) in [7, 11) is 0. The van der Waals surface area contributed by atoms with Crippen molar-refractivity contribution in [1.82, 2.24) is 35.8 Å². The van der Waals surface area contributed by atoms with Gasteiger partial charge in [0.2, 0.25) is 11.7 Å². The Kier molecular flexibility index (Phi) is 7.61. The average molecular weight is 508 g/mol. The smallest absolute Gasteiger partial charge is 0.242 e. The molecule has 4 aromatic rings. The van der Waals surface area contributed by atoms with Crippen LogP contribution in [0.4, 0.5) is 4.39 Å². The molecule has 0 aliphatic heterocycles. The van der Waals surface area contributed by atoms with Crippen molar-refractivity contribution >= 4 is 23.0 Å². The van der Waals surface area contributed by atoms with Crippen molar-refractivity contribution in [2.24, 2.45) is 0 Å². The molecule has 186 valence electrons. The van der Waals surface area contributed by atoms with Gasteiger partial charge in [0, 0.05) is 28.4 Å². The molecule has 3 aromatic heterocycles. The summed E-state index contributed by atoms with van der Waals surface area (Å²) in [5.41, 5.74) is 0.798. The standard InChI is InChI=1S/C25H26FN7O2S/c1-25(2,3)29-24(35)21(16-10-12-27-13-11-16)28-22(20-5-4-14-36-20)19(34)15-33-31-23(30-32-33)17-6-8-18(26)9-7-17/h4-14,21-22,28H,15H2,1-3H3,(H,29,35). The van der Waals surface area contributed by atoms with E-state index in [4.69, 9.17) is 0 Å². The zero-order chi connectivity index (χ0) is 25.7. The summed E-state index contributed by atoms with van der Waals surface area (Å²) in [6, 6.07) is 11.3. The number of hydrogen-bond acceptors (Lipinski definition) is 8. The van der Waals surface area contributed by atoms with Gasteiger partial charge in [-0.2, -0.15) is 4.80 Å². The Hall–Kier alpha value is -3.83. The zero-order valence-electron chi connectivity index (χ0n) is 20.1. The summed E-state index contributed by atoms with van der Waals surface area (Å²) < 4.78 is 13.2. The first-order chi connectivity index (χ1) is 17.2. The van der Waals surface area contributed by atoms with E-state index in [1.165, 1.54) is 28.3 Å². The molecule has 9 nitrogen and oxygen atoms in total. The summed E-state index contributed by atoms with van der Waals surface area (Å²) in [4.78, 5) is 32.7. The number of benzene rings is 1. The zero-order valence-corrected chi connectivity index (χ0v) is 20.9. The molecule has 0 saturated heterocycles. The Morgan fingerprint density at radius 2 is 1.78 bits per heavy atom. The molecule has 2 atom stereocenters. The molecule has 11 heteroatoms. The molecule has 4 rings (SSSR count). The first-order valence-corrected chi connectivity index (χ1v) is 12.2. The lowest BCUT2D eigenvalue weighted by Gasteiger charge is -2.28. The Morgan fingerprint density at radius 3 is 2.42 bits per heavy atom. The minimum absolute atomic E-state index is 0.173. The van der Waals surface area contributed by atoms with Crippen LogP contribution in [0.2, 0.25) is 0 Å². The summed E-state index contributed by atoms with van der Waals surface area (Å²) in [5, 5.41) is 20.4. The Labute approximate surface area is 211 Å². The largest absolute Gasteiger partial charge is 0.350 e. The van der Waals surface area contributed by atoms with Crippen molar-refractivity contribution in [3.63, 3.8) is 0 Å². The highest BCUT2D eigenvalue weighted by atomic mass is 32.1. The summed E-state index contributed by atoms with van der Waals surface area (Å²) in [5.74, 6) is -0.600. The fourth-order valence-corrected chi connectivity index (χ4v) is 4.34. The van der Waals surface area contributed by atoms with Gasteiger partial charge >= 0.3 is 0 Å². The molecule has 0 bridgehead atoms. The Balaban J connectivity index is 1.58. The van der Waals surface area contributed by atoms with E-state index < -0.39 is 17.6 Å². The van der Waals surface area contributed by atoms with E-state index in [0.717, 1.165) is 4.88 Å². The number of pyridine rings is 1. The average Bonchev–Trinajstić information content (AvgIpc) is 3.52. The van der Waals surface area contributed by atoms with Crippen LogP contribution in [-0.2, 0) is 16.1 Å². The van der Waals surface area contributed by atoms with Crippen molar-refractivity contribution in [2.75, 3.05) is 0 Å². The number of thiophene rings is 1. The van der Waals surface area contributed by atoms with Gasteiger partial charge in [0.15, 0.2) is 5.78 Å². The van der Waals surface area contributed by atoms with Crippen molar-refractivity contribution in [3.8, 4) is 11.4 Å². The number of rotatable bonds is 9. The van der Waals surface area contributed by atoms with Gasteiger partial charge in [0.05, 0.1) is 0 Å². The number of nitrogens with zero attached hydrogens (tertiary/aromatic N) is 5. The molecule has 36 heavy (non-hydrogen) atoms. The van der Waals surface area contributed by atoms with Crippen LogP contribution in [0.1, 0.15) is 43.3 Å². The minimum Gasteiger partial charge on any atom is -0.350 e. The molecule has 1 amide bonds. The number of carbonyl (C=O) groups excluding carboxylic acids is 2. The van der Waals surface area contributed by atoms with Crippen LogP contribution in [0.5, 0.6) is 0 Å². The van der Waals surface area contributed by atoms with E-state index in [1.807, 2.05) is 38.3 Å². The van der Waals surface area contributed by atoms with Crippen molar-refractivity contribution in [3.05, 3.63) is 82.6 Å². The predicted molar refractivity (Wildman–Crippen MR) is 133 cm³/mol. The van der Waals surface area contributed by atoms with Crippen LogP contribution < -0.4 is 10.6 Å².